The first-order valence-electron chi connectivity index (χ1n) is 24.7. The molecule has 0 aromatic rings. The summed E-state index contributed by atoms with van der Waals surface area (Å²) in [6.45, 7) is 6.21. The van der Waals surface area contributed by atoms with Crippen LogP contribution < -0.4 is 5.32 Å². The van der Waals surface area contributed by atoms with Gasteiger partial charge in [-0.2, -0.15) is 0 Å². The number of carbonyl (C=O) groups excluding carboxylic acids is 2. The molecule has 0 aliphatic carbocycles. The van der Waals surface area contributed by atoms with Crippen LogP contribution in [0, 0.1) is 0 Å². The molecule has 0 spiro atoms. The lowest BCUT2D eigenvalue weighted by molar-refractivity contribution is -0.151. The van der Waals surface area contributed by atoms with Crippen molar-refractivity contribution in [2.24, 2.45) is 0 Å². The van der Waals surface area contributed by atoms with E-state index in [4.69, 9.17) is 4.74 Å². The number of aliphatic hydroxyl groups is 2. The molecule has 0 aromatic heterocycles. The largest absolute Gasteiger partial charge is 0.462 e. The Morgan fingerprint density at radius 1 is 0.525 bits per heavy atom. The van der Waals surface area contributed by atoms with Crippen molar-refractivity contribution in [2.75, 3.05) is 6.61 Å². The fourth-order valence-corrected chi connectivity index (χ4v) is 7.19. The third-order valence-electron chi connectivity index (χ3n) is 10.9. The Balaban J connectivity index is 4.60. The number of carbonyl (C=O) groups is 2. The first-order chi connectivity index (χ1) is 29.0. The fraction of sp³-hybridized carbons (Fsp3) is 0.736. The van der Waals surface area contributed by atoms with E-state index < -0.39 is 18.2 Å². The molecular weight excluding hydrogens is 731 g/mol. The summed E-state index contributed by atoms with van der Waals surface area (Å²) < 4.78 is 5.87. The van der Waals surface area contributed by atoms with Gasteiger partial charge in [-0.15, -0.1) is 0 Å². The summed E-state index contributed by atoms with van der Waals surface area (Å²) in [5.74, 6) is -0.554. The van der Waals surface area contributed by atoms with E-state index in [0.29, 0.717) is 19.3 Å². The summed E-state index contributed by atoms with van der Waals surface area (Å²) in [6, 6.07) is -0.726. The number of aliphatic hydroxyl groups excluding tert-OH is 2. The topological polar surface area (TPSA) is 95.9 Å². The minimum Gasteiger partial charge on any atom is -0.462 e. The Morgan fingerprint density at radius 3 is 1.59 bits per heavy atom. The van der Waals surface area contributed by atoms with Crippen LogP contribution in [-0.2, 0) is 14.3 Å². The second-order valence-corrected chi connectivity index (χ2v) is 16.5. The maximum Gasteiger partial charge on any atom is 0.306 e. The summed E-state index contributed by atoms with van der Waals surface area (Å²) in [5.41, 5.74) is 0. The summed E-state index contributed by atoms with van der Waals surface area (Å²) >= 11 is 0. The number of ether oxygens (including phenoxy) is 1. The van der Waals surface area contributed by atoms with Crippen molar-refractivity contribution in [1.82, 2.24) is 5.32 Å². The van der Waals surface area contributed by atoms with Gasteiger partial charge in [0, 0.05) is 6.42 Å². The number of nitrogens with one attached hydrogen (secondary N) is 1. The van der Waals surface area contributed by atoms with E-state index in [2.05, 4.69) is 62.5 Å². The van der Waals surface area contributed by atoms with Crippen molar-refractivity contribution in [3.63, 3.8) is 0 Å². The van der Waals surface area contributed by atoms with Gasteiger partial charge in [0.25, 0.3) is 0 Å². The molecule has 0 rings (SSSR count). The molecule has 0 aliphatic rings. The molecule has 3 atom stereocenters. The van der Waals surface area contributed by atoms with Crippen molar-refractivity contribution in [3.05, 3.63) is 72.9 Å². The van der Waals surface area contributed by atoms with Gasteiger partial charge >= 0.3 is 5.97 Å². The van der Waals surface area contributed by atoms with Gasteiger partial charge in [-0.25, -0.2) is 0 Å². The number of amides is 1. The van der Waals surface area contributed by atoms with Crippen LogP contribution in [0.3, 0.4) is 0 Å². The van der Waals surface area contributed by atoms with Crippen LogP contribution in [0.5, 0.6) is 0 Å². The minimum absolute atomic E-state index is 0.0260. The third-order valence-corrected chi connectivity index (χ3v) is 10.9. The molecule has 340 valence electrons. The second kappa shape index (κ2) is 46.4. The van der Waals surface area contributed by atoms with E-state index in [1.807, 2.05) is 36.5 Å². The molecular formula is C53H93NO5. The van der Waals surface area contributed by atoms with Gasteiger partial charge in [0.05, 0.1) is 25.2 Å². The fourth-order valence-electron chi connectivity index (χ4n) is 7.19. The zero-order chi connectivity index (χ0) is 43.1. The molecule has 3 N–H and O–H groups in total. The van der Waals surface area contributed by atoms with Crippen LogP contribution in [0.1, 0.15) is 226 Å². The Kier molecular flexibility index (Phi) is 44.2. The van der Waals surface area contributed by atoms with Gasteiger partial charge in [-0.05, 0) is 64.2 Å². The standard InChI is InChI=1S/C53H93NO5/c1-4-7-10-13-16-19-22-24-26-27-30-33-36-39-42-45-51(56)50(48-55)54-52(57)47-49(44-41-38-35-32-29-21-18-15-12-9-6-3)59-53(58)46-43-40-37-34-31-28-25-23-20-17-14-11-8-5-2/h8-9,11-12,15,17-18,20-21,29,32,35,49-51,55-56H,4-7,10,13-14,16,19,22-28,30-31,33-34,36-48H2,1-3H3,(H,54,57)/b11-8+,12-9+,18-15+,20-17+,29-21-,35-32-. The van der Waals surface area contributed by atoms with Crippen molar-refractivity contribution in [1.29, 1.82) is 0 Å². The molecule has 0 heterocycles. The quantitative estimate of drug-likeness (QED) is 0.0246. The predicted molar refractivity (Wildman–Crippen MR) is 255 cm³/mol. The van der Waals surface area contributed by atoms with E-state index in [-0.39, 0.29) is 24.9 Å². The van der Waals surface area contributed by atoms with Crippen LogP contribution in [0.4, 0.5) is 0 Å². The molecule has 0 fully saturated rings. The lowest BCUT2D eigenvalue weighted by atomic mass is 10.0. The molecule has 0 bridgehead atoms. The summed E-state index contributed by atoms with van der Waals surface area (Å²) in [4.78, 5) is 26.0. The monoisotopic (exact) mass is 824 g/mol. The van der Waals surface area contributed by atoms with Crippen LogP contribution in [0.2, 0.25) is 0 Å². The van der Waals surface area contributed by atoms with Crippen molar-refractivity contribution < 1.29 is 24.5 Å². The molecule has 0 radical (unpaired) electrons. The maximum absolute atomic E-state index is 13.2. The maximum atomic E-state index is 13.2. The molecule has 0 aromatic carbocycles. The molecule has 3 unspecified atom stereocenters. The number of unbranched alkanes of at least 4 members (excludes halogenated alkanes) is 22. The second-order valence-electron chi connectivity index (χ2n) is 16.5. The SMILES string of the molecule is CC/C=C/C=C/C=C\C=C/CCCC(CC(=O)NC(CO)C(O)CCCCCCCCCCCCCCCCC)OC(=O)CCCCCCCCC/C=C/C/C=C/CC. The average molecular weight is 824 g/mol. The highest BCUT2D eigenvalue weighted by atomic mass is 16.5. The van der Waals surface area contributed by atoms with Crippen molar-refractivity contribution in [2.45, 2.75) is 244 Å². The summed E-state index contributed by atoms with van der Waals surface area (Å²) in [6.07, 6.45) is 58.3. The summed E-state index contributed by atoms with van der Waals surface area (Å²) in [5, 5.41) is 23.7. The average Bonchev–Trinajstić information content (AvgIpc) is 3.23. The van der Waals surface area contributed by atoms with E-state index in [0.717, 1.165) is 77.0 Å². The normalized spacial score (nSPS) is 13.9. The number of hydrogen-bond acceptors (Lipinski definition) is 5. The zero-order valence-corrected chi connectivity index (χ0v) is 38.6. The van der Waals surface area contributed by atoms with Gasteiger partial charge in [-0.1, -0.05) is 222 Å². The van der Waals surface area contributed by atoms with Crippen LogP contribution >= 0.6 is 0 Å². The lowest BCUT2D eigenvalue weighted by Crippen LogP contribution is -2.46. The lowest BCUT2D eigenvalue weighted by Gasteiger charge is -2.24. The molecule has 6 heteroatoms. The van der Waals surface area contributed by atoms with Gasteiger partial charge in [0.1, 0.15) is 6.10 Å². The first-order valence-corrected chi connectivity index (χ1v) is 24.7. The molecule has 59 heavy (non-hydrogen) atoms. The van der Waals surface area contributed by atoms with Gasteiger partial charge in [0.2, 0.25) is 5.91 Å². The molecule has 0 saturated carbocycles. The highest BCUT2D eigenvalue weighted by molar-refractivity contribution is 5.77. The highest BCUT2D eigenvalue weighted by Gasteiger charge is 2.24. The number of allylic oxidation sites excluding steroid dienone is 12. The molecule has 0 aliphatic heterocycles. The van der Waals surface area contributed by atoms with Crippen LogP contribution in [0.15, 0.2) is 72.9 Å². The van der Waals surface area contributed by atoms with Crippen LogP contribution in [-0.4, -0.2) is 46.9 Å². The van der Waals surface area contributed by atoms with E-state index in [1.165, 1.54) is 103 Å². The Hall–Kier alpha value is -2.70. The number of rotatable bonds is 43. The van der Waals surface area contributed by atoms with Gasteiger partial charge in [-0.3, -0.25) is 9.59 Å². The highest BCUT2D eigenvalue weighted by Crippen LogP contribution is 2.17. The third kappa shape index (κ3) is 41.8. The van der Waals surface area contributed by atoms with E-state index in [1.54, 1.807) is 0 Å². The summed E-state index contributed by atoms with van der Waals surface area (Å²) in [7, 11) is 0. The van der Waals surface area contributed by atoms with E-state index >= 15 is 0 Å². The Bertz CT molecular complexity index is 1110. The van der Waals surface area contributed by atoms with Crippen molar-refractivity contribution >= 4 is 11.9 Å². The van der Waals surface area contributed by atoms with Gasteiger partial charge in [0.15, 0.2) is 0 Å². The van der Waals surface area contributed by atoms with E-state index in [9.17, 15) is 19.8 Å². The van der Waals surface area contributed by atoms with Crippen molar-refractivity contribution in [3.8, 4) is 0 Å². The Labute approximate surface area is 364 Å². The zero-order valence-electron chi connectivity index (χ0n) is 38.6. The smallest absolute Gasteiger partial charge is 0.306 e. The molecule has 1 amide bonds. The number of esters is 1. The predicted octanol–water partition coefficient (Wildman–Crippen LogP) is 14.6. The van der Waals surface area contributed by atoms with Gasteiger partial charge < -0.3 is 20.3 Å². The Morgan fingerprint density at radius 2 is 1.02 bits per heavy atom. The molecule has 0 saturated heterocycles. The number of hydrogen-bond donors (Lipinski definition) is 3. The minimum atomic E-state index is -0.808. The first kappa shape index (κ1) is 56.3. The van der Waals surface area contributed by atoms with Crippen LogP contribution in [0.25, 0.3) is 0 Å². The molecule has 6 nitrogen and oxygen atoms in total.